The molecule has 2 rings (SSSR count). The van der Waals surface area contributed by atoms with Crippen molar-refractivity contribution in [3.05, 3.63) is 71.3 Å². The van der Waals surface area contributed by atoms with Crippen molar-refractivity contribution in [1.82, 2.24) is 5.32 Å². The Labute approximate surface area is 155 Å². The Hall–Kier alpha value is -2.83. The average molecular weight is 379 g/mol. The van der Waals surface area contributed by atoms with Crippen molar-refractivity contribution in [2.45, 2.75) is 31.5 Å². The number of benzene rings is 2. The minimum atomic E-state index is -4.55. The van der Waals surface area contributed by atoms with Gasteiger partial charge in [-0.1, -0.05) is 36.4 Å². The molecule has 0 fully saturated rings. The van der Waals surface area contributed by atoms with Gasteiger partial charge in [-0.3, -0.25) is 4.79 Å². The molecule has 4 nitrogen and oxygen atoms in total. The molecule has 27 heavy (non-hydrogen) atoms. The van der Waals surface area contributed by atoms with Gasteiger partial charge < -0.3 is 10.1 Å². The summed E-state index contributed by atoms with van der Waals surface area (Å²) >= 11 is 0. The fourth-order valence-corrected chi connectivity index (χ4v) is 2.62. The number of hydrogen-bond acceptors (Lipinski definition) is 3. The Balaban J connectivity index is 2.02. The van der Waals surface area contributed by atoms with Crippen LogP contribution in [0.15, 0.2) is 54.6 Å². The van der Waals surface area contributed by atoms with Crippen LogP contribution < -0.4 is 5.32 Å². The van der Waals surface area contributed by atoms with Gasteiger partial charge in [-0.2, -0.15) is 13.2 Å². The second kappa shape index (κ2) is 9.21. The third-order valence-corrected chi connectivity index (χ3v) is 4.04. The number of nitrogens with one attached hydrogen (secondary N) is 1. The first-order valence-electron chi connectivity index (χ1n) is 8.41. The highest BCUT2D eigenvalue weighted by atomic mass is 19.4. The van der Waals surface area contributed by atoms with Crippen LogP contribution >= 0.6 is 0 Å². The van der Waals surface area contributed by atoms with E-state index in [1.54, 1.807) is 0 Å². The number of esters is 1. The molecule has 0 aliphatic heterocycles. The van der Waals surface area contributed by atoms with Gasteiger partial charge in [0.25, 0.3) is 5.91 Å². The summed E-state index contributed by atoms with van der Waals surface area (Å²) < 4.78 is 43.1. The summed E-state index contributed by atoms with van der Waals surface area (Å²) in [5, 5.41) is 2.47. The molecule has 0 bridgehead atoms. The number of carbonyl (C=O) groups excluding carboxylic acids is 2. The molecule has 2 aromatic carbocycles. The van der Waals surface area contributed by atoms with Crippen molar-refractivity contribution < 1.29 is 27.5 Å². The van der Waals surface area contributed by atoms with E-state index in [2.05, 4.69) is 5.32 Å². The van der Waals surface area contributed by atoms with Crippen molar-refractivity contribution in [2.75, 3.05) is 7.11 Å². The highest BCUT2D eigenvalue weighted by molar-refractivity contribution is 5.96. The minimum Gasteiger partial charge on any atom is -0.467 e. The molecule has 1 N–H and O–H groups in total. The van der Waals surface area contributed by atoms with Crippen molar-refractivity contribution in [3.63, 3.8) is 0 Å². The Bertz CT molecular complexity index is 776. The minimum absolute atomic E-state index is 0.165. The number of halogens is 3. The molecular weight excluding hydrogens is 359 g/mol. The fraction of sp³-hybridized carbons (Fsp3) is 0.300. The molecule has 0 unspecified atom stereocenters. The van der Waals surface area contributed by atoms with Gasteiger partial charge in [0.1, 0.15) is 6.04 Å². The molecular formula is C20H20F3NO3. The van der Waals surface area contributed by atoms with Gasteiger partial charge in [0.15, 0.2) is 0 Å². The predicted octanol–water partition coefficient (Wildman–Crippen LogP) is 4.00. The Morgan fingerprint density at radius 3 is 2.41 bits per heavy atom. The topological polar surface area (TPSA) is 55.4 Å². The van der Waals surface area contributed by atoms with Crippen LogP contribution in [0.3, 0.4) is 0 Å². The van der Waals surface area contributed by atoms with Crippen LogP contribution in [0.25, 0.3) is 0 Å². The van der Waals surface area contributed by atoms with Crippen molar-refractivity contribution in [3.8, 4) is 0 Å². The standard InChI is InChI=1S/C20H20F3NO3/c1-27-19(26)17(12-5-9-14-7-3-2-4-8-14)24-18(25)15-10-6-11-16(13-15)20(21,22)23/h2-4,6-8,10-11,13,17H,5,9,12H2,1H3,(H,24,25)/t17-/m1/s1. The maximum absolute atomic E-state index is 12.8. The molecule has 7 heteroatoms. The molecule has 2 aromatic rings. The van der Waals surface area contributed by atoms with E-state index in [9.17, 15) is 22.8 Å². The van der Waals surface area contributed by atoms with E-state index in [0.29, 0.717) is 19.3 Å². The number of rotatable bonds is 7. The quantitative estimate of drug-likeness (QED) is 0.740. The smallest absolute Gasteiger partial charge is 0.416 e. The highest BCUT2D eigenvalue weighted by Gasteiger charge is 2.31. The lowest BCUT2D eigenvalue weighted by molar-refractivity contribution is -0.143. The molecule has 0 aliphatic carbocycles. The molecule has 0 spiro atoms. The highest BCUT2D eigenvalue weighted by Crippen LogP contribution is 2.29. The van der Waals surface area contributed by atoms with Gasteiger partial charge in [-0.05, 0) is 43.0 Å². The van der Waals surface area contributed by atoms with Crippen LogP contribution in [0.2, 0.25) is 0 Å². The van der Waals surface area contributed by atoms with Crippen molar-refractivity contribution in [2.24, 2.45) is 0 Å². The monoisotopic (exact) mass is 379 g/mol. The summed E-state index contributed by atoms with van der Waals surface area (Å²) in [6.07, 6.45) is -2.93. The van der Waals surface area contributed by atoms with Crippen LogP contribution in [0.5, 0.6) is 0 Å². The van der Waals surface area contributed by atoms with Gasteiger partial charge in [0.2, 0.25) is 0 Å². The van der Waals surface area contributed by atoms with Gasteiger partial charge >= 0.3 is 12.1 Å². The molecule has 144 valence electrons. The maximum atomic E-state index is 12.8. The maximum Gasteiger partial charge on any atom is 0.416 e. The molecule has 0 aliphatic rings. The third kappa shape index (κ3) is 6.13. The Morgan fingerprint density at radius 2 is 1.78 bits per heavy atom. The van der Waals surface area contributed by atoms with Crippen LogP contribution in [0.1, 0.15) is 34.3 Å². The second-order valence-electron chi connectivity index (χ2n) is 6.01. The number of alkyl halides is 3. The average Bonchev–Trinajstić information content (AvgIpc) is 2.66. The van der Waals surface area contributed by atoms with Crippen LogP contribution in [0, 0.1) is 0 Å². The summed E-state index contributed by atoms with van der Waals surface area (Å²) in [4.78, 5) is 24.2. The van der Waals surface area contributed by atoms with Gasteiger partial charge in [-0.25, -0.2) is 4.79 Å². The summed E-state index contributed by atoms with van der Waals surface area (Å²) in [6, 6.07) is 12.7. The fourth-order valence-electron chi connectivity index (χ4n) is 2.62. The molecule has 0 saturated carbocycles. The number of amides is 1. The predicted molar refractivity (Wildman–Crippen MR) is 94.1 cm³/mol. The number of hydrogen-bond donors (Lipinski definition) is 1. The molecule has 1 atom stereocenters. The first kappa shape index (κ1) is 20.5. The largest absolute Gasteiger partial charge is 0.467 e. The number of aryl methyl sites for hydroxylation is 1. The van der Waals surface area contributed by atoms with E-state index in [-0.39, 0.29) is 5.56 Å². The molecule has 0 aromatic heterocycles. The van der Waals surface area contributed by atoms with Crippen LogP contribution in [0.4, 0.5) is 13.2 Å². The number of carbonyl (C=O) groups is 2. The van der Waals surface area contributed by atoms with Crippen LogP contribution in [-0.4, -0.2) is 25.0 Å². The second-order valence-corrected chi connectivity index (χ2v) is 6.01. The van der Waals surface area contributed by atoms with E-state index in [1.807, 2.05) is 30.3 Å². The van der Waals surface area contributed by atoms with E-state index in [4.69, 9.17) is 4.74 Å². The summed E-state index contributed by atoms with van der Waals surface area (Å²) in [7, 11) is 1.20. The summed E-state index contributed by atoms with van der Waals surface area (Å²) in [5.41, 5.74) is 0.000883. The summed E-state index contributed by atoms with van der Waals surface area (Å²) in [5.74, 6) is -1.39. The number of ether oxygens (including phenoxy) is 1. The molecule has 0 saturated heterocycles. The van der Waals surface area contributed by atoms with Gasteiger partial charge in [0.05, 0.1) is 12.7 Å². The third-order valence-electron chi connectivity index (χ3n) is 4.04. The SMILES string of the molecule is COC(=O)[C@@H](CCCc1ccccc1)NC(=O)c1cccc(C(F)(F)F)c1. The number of methoxy groups -OCH3 is 1. The normalized spacial score (nSPS) is 12.3. The van der Waals surface area contributed by atoms with Crippen LogP contribution in [-0.2, 0) is 22.1 Å². The first-order valence-corrected chi connectivity index (χ1v) is 8.41. The van der Waals surface area contributed by atoms with E-state index in [0.717, 1.165) is 23.8 Å². The molecule has 0 heterocycles. The lowest BCUT2D eigenvalue weighted by Crippen LogP contribution is -2.41. The first-order chi connectivity index (χ1) is 12.8. The van der Waals surface area contributed by atoms with E-state index < -0.39 is 29.7 Å². The summed E-state index contributed by atoms with van der Waals surface area (Å²) in [6.45, 7) is 0. The zero-order valence-electron chi connectivity index (χ0n) is 14.8. The van der Waals surface area contributed by atoms with E-state index in [1.165, 1.54) is 13.2 Å². The lowest BCUT2D eigenvalue weighted by Gasteiger charge is -2.17. The van der Waals surface area contributed by atoms with E-state index >= 15 is 0 Å². The molecule has 0 radical (unpaired) electrons. The Morgan fingerprint density at radius 1 is 1.07 bits per heavy atom. The van der Waals surface area contributed by atoms with Crippen molar-refractivity contribution >= 4 is 11.9 Å². The Kier molecular flexibility index (Phi) is 6.98. The zero-order valence-corrected chi connectivity index (χ0v) is 14.8. The zero-order chi connectivity index (χ0) is 19.9. The van der Waals surface area contributed by atoms with Gasteiger partial charge in [-0.15, -0.1) is 0 Å². The van der Waals surface area contributed by atoms with Crippen molar-refractivity contribution in [1.29, 1.82) is 0 Å². The van der Waals surface area contributed by atoms with Gasteiger partial charge in [0, 0.05) is 5.56 Å². The lowest BCUT2D eigenvalue weighted by atomic mass is 10.0. The molecule has 1 amide bonds.